The minimum Gasteiger partial charge on any atom is -0.477 e. The predicted molar refractivity (Wildman–Crippen MR) is 205 cm³/mol. The quantitative estimate of drug-likeness (QED) is 0.117. The van der Waals surface area contributed by atoms with Gasteiger partial charge in [0.2, 0.25) is 0 Å². The Labute approximate surface area is 300 Å². The second-order valence-corrected chi connectivity index (χ2v) is 13.4. The van der Waals surface area contributed by atoms with Crippen LogP contribution in [0.15, 0.2) is 121 Å². The van der Waals surface area contributed by atoms with E-state index in [4.69, 9.17) is 9.97 Å². The van der Waals surface area contributed by atoms with Crippen molar-refractivity contribution in [2.75, 3.05) is 0 Å². The lowest BCUT2D eigenvalue weighted by molar-refractivity contribution is 0.0680. The molecule has 4 aromatic heterocycles. The molecule has 4 aromatic carbocycles. The van der Waals surface area contributed by atoms with Gasteiger partial charge in [-0.3, -0.25) is 0 Å². The fourth-order valence-corrected chi connectivity index (χ4v) is 7.68. The number of carboxylic acids is 2. The van der Waals surface area contributed by atoms with Crippen LogP contribution < -0.4 is 0 Å². The van der Waals surface area contributed by atoms with Crippen molar-refractivity contribution < 1.29 is 19.8 Å². The molecule has 0 unspecified atom stereocenters. The summed E-state index contributed by atoms with van der Waals surface area (Å²) in [5.74, 6) is -2.06. The molecule has 8 aromatic rings. The Hall–Kier alpha value is -6.28. The first kappa shape index (κ1) is 32.9. The van der Waals surface area contributed by atoms with Crippen LogP contribution in [0.4, 0.5) is 0 Å². The topological polar surface area (TPSA) is 110 Å². The predicted octanol–water partition coefficient (Wildman–Crippen LogP) is 9.53. The molecule has 4 heterocycles. The summed E-state index contributed by atoms with van der Waals surface area (Å²) in [4.78, 5) is 33.8. The highest BCUT2D eigenvalue weighted by atomic mass is 16.4. The van der Waals surface area contributed by atoms with Crippen LogP contribution in [0.5, 0.6) is 0 Å². The molecule has 0 spiro atoms. The van der Waals surface area contributed by atoms with Gasteiger partial charge in [0.25, 0.3) is 0 Å². The number of aromatic carboxylic acids is 2. The van der Waals surface area contributed by atoms with Crippen molar-refractivity contribution in [2.45, 2.75) is 51.6 Å². The van der Waals surface area contributed by atoms with Gasteiger partial charge in [0.05, 0.1) is 22.4 Å². The third-order valence-electron chi connectivity index (χ3n) is 10.0. The SMILES string of the molecule is O=C(O)c1cc2c3ccccc3n(Cc3ccccc3)c2c(CCCCCCc2nc(C(=O)O)cc3c4ccccc4n(Cc4ccccc4)c23)n1. The zero-order valence-corrected chi connectivity index (χ0v) is 28.7. The fourth-order valence-electron chi connectivity index (χ4n) is 7.68. The number of aryl methyl sites for hydroxylation is 2. The van der Waals surface area contributed by atoms with Gasteiger partial charge in [0.15, 0.2) is 0 Å². The summed E-state index contributed by atoms with van der Waals surface area (Å²) in [6.07, 6.45) is 4.78. The molecule has 2 N–H and O–H groups in total. The lowest BCUT2D eigenvalue weighted by atomic mass is 10.0. The molecule has 0 saturated heterocycles. The highest BCUT2D eigenvalue weighted by molar-refractivity contribution is 6.11. The van der Waals surface area contributed by atoms with Gasteiger partial charge in [-0.15, -0.1) is 0 Å². The highest BCUT2D eigenvalue weighted by Crippen LogP contribution is 2.34. The molecule has 0 fully saturated rings. The molecule has 0 aliphatic heterocycles. The van der Waals surface area contributed by atoms with Crippen LogP contribution in [0.3, 0.4) is 0 Å². The average Bonchev–Trinajstić information content (AvgIpc) is 3.66. The number of benzene rings is 4. The lowest BCUT2D eigenvalue weighted by Gasteiger charge is -2.12. The standard InChI is InChI=1S/C44H38N4O4/c49-43(50)37-25-33-31-19-11-13-23-39(31)47(27-29-15-5-3-6-16-29)41(33)35(45-37)21-9-1-2-10-22-36-42-34(26-38(46-36)44(51)52)32-20-12-14-24-40(32)48(42)28-30-17-7-4-8-18-30/h3-8,11-20,23-26H,1-2,9-10,21-22,27-28H2,(H,49,50)(H,51,52). The van der Waals surface area contributed by atoms with Crippen LogP contribution >= 0.6 is 0 Å². The van der Waals surface area contributed by atoms with Gasteiger partial charge < -0.3 is 19.3 Å². The molecule has 258 valence electrons. The molecule has 0 atom stereocenters. The first-order valence-electron chi connectivity index (χ1n) is 17.8. The van der Waals surface area contributed by atoms with Crippen molar-refractivity contribution in [3.63, 3.8) is 0 Å². The number of hydrogen-bond donors (Lipinski definition) is 2. The van der Waals surface area contributed by atoms with E-state index in [1.54, 1.807) is 12.1 Å². The van der Waals surface area contributed by atoms with Gasteiger partial charge in [-0.1, -0.05) is 110 Å². The summed E-state index contributed by atoms with van der Waals surface area (Å²) < 4.78 is 4.55. The third kappa shape index (κ3) is 6.28. The van der Waals surface area contributed by atoms with Crippen molar-refractivity contribution in [1.82, 2.24) is 19.1 Å². The van der Waals surface area contributed by atoms with E-state index >= 15 is 0 Å². The largest absolute Gasteiger partial charge is 0.477 e. The normalized spacial score (nSPS) is 11.6. The molecule has 0 bridgehead atoms. The second-order valence-electron chi connectivity index (χ2n) is 13.4. The minimum atomic E-state index is -1.03. The van der Waals surface area contributed by atoms with E-state index in [9.17, 15) is 19.8 Å². The van der Waals surface area contributed by atoms with Crippen molar-refractivity contribution in [3.8, 4) is 0 Å². The number of fused-ring (bicyclic) bond motifs is 6. The van der Waals surface area contributed by atoms with Crippen molar-refractivity contribution in [1.29, 1.82) is 0 Å². The van der Waals surface area contributed by atoms with E-state index in [1.807, 2.05) is 60.7 Å². The van der Waals surface area contributed by atoms with Crippen LogP contribution in [-0.4, -0.2) is 41.3 Å². The lowest BCUT2D eigenvalue weighted by Crippen LogP contribution is -2.08. The first-order chi connectivity index (χ1) is 25.5. The number of carboxylic acid groups (broad SMARTS) is 2. The Bertz CT molecular complexity index is 2410. The van der Waals surface area contributed by atoms with Crippen molar-refractivity contribution >= 4 is 55.6 Å². The van der Waals surface area contributed by atoms with Crippen molar-refractivity contribution in [2.24, 2.45) is 0 Å². The van der Waals surface area contributed by atoms with Gasteiger partial charge in [0, 0.05) is 45.7 Å². The second kappa shape index (κ2) is 14.2. The van der Waals surface area contributed by atoms with Crippen LogP contribution in [0, 0.1) is 0 Å². The molecule has 0 aliphatic carbocycles. The summed E-state index contributed by atoms with van der Waals surface area (Å²) in [6, 6.07) is 40.3. The zero-order valence-electron chi connectivity index (χ0n) is 28.7. The maximum Gasteiger partial charge on any atom is 0.354 e. The molecule has 8 heteroatoms. The smallest absolute Gasteiger partial charge is 0.354 e. The number of aromatic nitrogens is 4. The number of para-hydroxylation sites is 2. The van der Waals surface area contributed by atoms with E-state index < -0.39 is 11.9 Å². The Balaban J connectivity index is 1.06. The summed E-state index contributed by atoms with van der Waals surface area (Å²) in [5.41, 5.74) is 8.12. The van der Waals surface area contributed by atoms with Crippen LogP contribution in [-0.2, 0) is 25.9 Å². The molecule has 52 heavy (non-hydrogen) atoms. The Morgan fingerprint density at radius 2 is 0.865 bits per heavy atom. The molecule has 0 saturated carbocycles. The van der Waals surface area contributed by atoms with Crippen LogP contribution in [0.1, 0.15) is 69.2 Å². The molecular weight excluding hydrogens is 649 g/mol. The molecule has 0 amide bonds. The summed E-state index contributed by atoms with van der Waals surface area (Å²) in [6.45, 7) is 1.31. The fraction of sp³-hybridized carbons (Fsp3) is 0.182. The molecule has 0 aliphatic rings. The average molecular weight is 687 g/mol. The Morgan fingerprint density at radius 3 is 1.27 bits per heavy atom. The first-order valence-corrected chi connectivity index (χ1v) is 17.8. The number of carbonyl (C=O) groups is 2. The van der Waals surface area contributed by atoms with Crippen LogP contribution in [0.2, 0.25) is 0 Å². The third-order valence-corrected chi connectivity index (χ3v) is 10.0. The zero-order chi connectivity index (χ0) is 35.6. The van der Waals surface area contributed by atoms with E-state index in [0.29, 0.717) is 25.9 Å². The van der Waals surface area contributed by atoms with E-state index in [0.717, 1.165) is 91.8 Å². The van der Waals surface area contributed by atoms with Gasteiger partial charge in [-0.25, -0.2) is 19.6 Å². The maximum atomic E-state index is 12.2. The molecule has 8 nitrogen and oxygen atoms in total. The van der Waals surface area contributed by atoms with Crippen molar-refractivity contribution in [3.05, 3.63) is 155 Å². The minimum absolute atomic E-state index is 0.0596. The van der Waals surface area contributed by atoms with Gasteiger partial charge in [-0.2, -0.15) is 0 Å². The Kier molecular flexibility index (Phi) is 8.95. The monoisotopic (exact) mass is 686 g/mol. The molecular formula is C44H38N4O4. The molecule has 8 rings (SSSR count). The highest BCUT2D eigenvalue weighted by Gasteiger charge is 2.21. The number of rotatable bonds is 13. The summed E-state index contributed by atoms with van der Waals surface area (Å²) in [5, 5.41) is 23.9. The van der Waals surface area contributed by atoms with Gasteiger partial charge in [0.1, 0.15) is 11.4 Å². The number of unbranched alkanes of at least 4 members (excludes halogenated alkanes) is 3. The number of pyridine rings is 2. The Morgan fingerprint density at radius 1 is 0.481 bits per heavy atom. The molecule has 0 radical (unpaired) electrons. The van der Waals surface area contributed by atoms with Gasteiger partial charge >= 0.3 is 11.9 Å². The summed E-state index contributed by atoms with van der Waals surface area (Å²) >= 11 is 0. The summed E-state index contributed by atoms with van der Waals surface area (Å²) in [7, 11) is 0. The number of nitrogens with zero attached hydrogens (tertiary/aromatic N) is 4. The van der Waals surface area contributed by atoms with E-state index in [2.05, 4.69) is 57.7 Å². The van der Waals surface area contributed by atoms with Gasteiger partial charge in [-0.05, 0) is 61.1 Å². The van der Waals surface area contributed by atoms with E-state index in [-0.39, 0.29) is 11.4 Å². The van der Waals surface area contributed by atoms with Crippen LogP contribution in [0.25, 0.3) is 43.6 Å². The maximum absolute atomic E-state index is 12.2. The number of hydrogen-bond acceptors (Lipinski definition) is 4. The van der Waals surface area contributed by atoms with E-state index in [1.165, 1.54) is 0 Å².